The molecule has 0 saturated heterocycles. The minimum atomic E-state index is 0. The zero-order chi connectivity index (χ0) is 0. The summed E-state index contributed by atoms with van der Waals surface area (Å²) in [4.78, 5) is 0. The number of hydrogen-bond acceptors (Lipinski definition) is 0. The van der Waals surface area contributed by atoms with Gasteiger partial charge in [0, 0.05) is 34.4 Å². The van der Waals surface area contributed by atoms with Gasteiger partial charge in [0.2, 0.25) is 0 Å². The van der Waals surface area contributed by atoms with Crippen LogP contribution < -0.4 is 0 Å². The molecule has 0 N–H and O–H groups in total. The van der Waals surface area contributed by atoms with Crippen LogP contribution in [0.5, 0.6) is 0 Å². The minimum absolute atomic E-state index is 0. The second kappa shape index (κ2) is 17.7. The first-order valence-corrected chi connectivity index (χ1v) is 0. The van der Waals surface area contributed by atoms with Crippen LogP contribution in [0.3, 0.4) is 0 Å². The summed E-state index contributed by atoms with van der Waals surface area (Å²) >= 11 is 0. The van der Waals surface area contributed by atoms with E-state index in [0.29, 0.717) is 0 Å². The first-order valence-electron chi connectivity index (χ1n) is 0. The third kappa shape index (κ3) is 8.82. The molecule has 1 radical (unpaired) electrons. The van der Waals surface area contributed by atoms with Gasteiger partial charge in [-0.2, -0.15) is 0 Å². The first kappa shape index (κ1) is 31.2. The van der Waals surface area contributed by atoms with Gasteiger partial charge >= 0.3 is 37.7 Å². The van der Waals surface area contributed by atoms with Crippen LogP contribution in [0.2, 0.25) is 0 Å². The maximum Gasteiger partial charge on any atom is 2.00 e. The summed E-state index contributed by atoms with van der Waals surface area (Å²) in [5.41, 5.74) is 0. The molecule has 0 rings (SSSR count). The van der Waals surface area contributed by atoms with Crippen LogP contribution in [0.4, 0.5) is 0 Å². The minimum Gasteiger partial charge on any atom is -1.00 e. The molecule has 0 unspecified atom stereocenters. The van der Waals surface area contributed by atoms with E-state index < -0.39 is 0 Å². The van der Waals surface area contributed by atoms with Gasteiger partial charge in [0.15, 0.2) is 0 Å². The maximum absolute atomic E-state index is 0. The molecule has 0 saturated carbocycles. The van der Waals surface area contributed by atoms with Gasteiger partial charge in [-0.25, -0.2) is 0 Å². The van der Waals surface area contributed by atoms with Crippen molar-refractivity contribution in [2.24, 2.45) is 0 Å². The SMILES string of the molecule is [Ca+2].[Cr].[Cu].[H-].[H-].[SiH4]. The fraction of sp³-hybridized carbons (Fsp3) is 0. The molecule has 0 aromatic carbocycles. The molecule has 0 amide bonds. The Hall–Kier alpha value is 2.53. The van der Waals surface area contributed by atoms with Crippen molar-refractivity contribution in [3.63, 3.8) is 0 Å². The zero-order valence-corrected chi connectivity index (χ0v) is 5.84. The van der Waals surface area contributed by atoms with Crippen LogP contribution in [-0.4, -0.2) is 48.7 Å². The fourth-order valence-corrected chi connectivity index (χ4v) is 0. The average Bonchev–Trinajstić information content (AvgIpc) is 0. The van der Waals surface area contributed by atoms with E-state index in [1.807, 2.05) is 0 Å². The number of hydrogen-bond donors (Lipinski definition) is 0. The summed E-state index contributed by atoms with van der Waals surface area (Å²) in [5.74, 6) is 0. The molecule has 0 heterocycles. The van der Waals surface area contributed by atoms with Crippen LogP contribution >= 0.6 is 0 Å². The Balaban J connectivity index is 0. The molecular formula is H6CaCrCuSi. The molecule has 0 fully saturated rings. The Morgan fingerprint density at radius 2 is 1.25 bits per heavy atom. The van der Waals surface area contributed by atoms with Crippen molar-refractivity contribution in [3.05, 3.63) is 0 Å². The van der Waals surface area contributed by atoms with E-state index in [2.05, 4.69) is 0 Å². The predicted octanol–water partition coefficient (Wildman–Crippen LogP) is -1.61. The summed E-state index contributed by atoms with van der Waals surface area (Å²) in [7, 11) is 0. The van der Waals surface area contributed by atoms with Crippen molar-refractivity contribution < 1.29 is 37.3 Å². The standard InChI is InChI=1S/Ca.Cr.Cu.H4Si.2H/h;;;1H4;;/q+2;;;;2*-1. The molecule has 0 spiro atoms. The van der Waals surface area contributed by atoms with Crippen molar-refractivity contribution in [1.82, 2.24) is 0 Å². The monoisotopic (exact) mass is 189 g/mol. The van der Waals surface area contributed by atoms with Gasteiger partial charge in [-0.05, 0) is 11.0 Å². The molecule has 4 heavy (non-hydrogen) atoms. The second-order valence-electron chi connectivity index (χ2n) is 0. The predicted molar refractivity (Wildman–Crippen MR) is 19.3 cm³/mol. The van der Waals surface area contributed by atoms with Crippen LogP contribution in [-0.2, 0) is 34.4 Å². The van der Waals surface area contributed by atoms with E-state index in [1.165, 1.54) is 0 Å². The molecule has 0 aliphatic heterocycles. The topological polar surface area (TPSA) is 0 Å². The largest absolute Gasteiger partial charge is 2.00 e. The van der Waals surface area contributed by atoms with Gasteiger partial charge in [0.25, 0.3) is 0 Å². The number of rotatable bonds is 0. The molecule has 0 bridgehead atoms. The van der Waals surface area contributed by atoms with E-state index in [1.54, 1.807) is 0 Å². The van der Waals surface area contributed by atoms with Crippen molar-refractivity contribution in [1.29, 1.82) is 0 Å². The molecule has 0 atom stereocenters. The van der Waals surface area contributed by atoms with Crippen LogP contribution in [0, 0.1) is 0 Å². The van der Waals surface area contributed by atoms with Gasteiger partial charge < -0.3 is 2.85 Å². The Morgan fingerprint density at radius 3 is 1.25 bits per heavy atom. The van der Waals surface area contributed by atoms with E-state index >= 15 is 0 Å². The van der Waals surface area contributed by atoms with E-state index in [0.717, 1.165) is 0 Å². The Labute approximate surface area is 84.7 Å². The molecular weight excluding hydrogens is 184 g/mol. The molecule has 0 aliphatic rings. The zero-order valence-electron chi connectivity index (χ0n) is 3.42. The summed E-state index contributed by atoms with van der Waals surface area (Å²) in [6.45, 7) is 0. The van der Waals surface area contributed by atoms with Crippen molar-refractivity contribution in [2.45, 2.75) is 0 Å². The summed E-state index contributed by atoms with van der Waals surface area (Å²) < 4.78 is 0. The molecule has 29 valence electrons. The molecule has 0 aliphatic carbocycles. The molecule has 0 nitrogen and oxygen atoms in total. The first-order chi connectivity index (χ1) is 0. The van der Waals surface area contributed by atoms with Crippen molar-refractivity contribution in [3.8, 4) is 0 Å². The summed E-state index contributed by atoms with van der Waals surface area (Å²) in [6, 6.07) is 0. The van der Waals surface area contributed by atoms with Crippen molar-refractivity contribution in [2.75, 3.05) is 0 Å². The summed E-state index contributed by atoms with van der Waals surface area (Å²) in [6.07, 6.45) is 0. The quantitative estimate of drug-likeness (QED) is 0.403. The van der Waals surface area contributed by atoms with Crippen LogP contribution in [0.1, 0.15) is 2.85 Å². The fourth-order valence-electron chi connectivity index (χ4n) is 0. The van der Waals surface area contributed by atoms with Crippen molar-refractivity contribution >= 4 is 48.7 Å². The molecule has 0 aromatic heterocycles. The van der Waals surface area contributed by atoms with Gasteiger partial charge in [-0.3, -0.25) is 0 Å². The maximum atomic E-state index is 0. The van der Waals surface area contributed by atoms with Gasteiger partial charge in [0.05, 0.1) is 0 Å². The Kier molecular flexibility index (Phi) is 138. The van der Waals surface area contributed by atoms with Gasteiger partial charge in [-0.15, -0.1) is 0 Å². The van der Waals surface area contributed by atoms with E-state index in [4.69, 9.17) is 0 Å². The van der Waals surface area contributed by atoms with E-state index in [-0.39, 0.29) is 86.0 Å². The van der Waals surface area contributed by atoms with Gasteiger partial charge in [0.1, 0.15) is 0 Å². The molecule has 4 heteroatoms. The Bertz CT molecular complexity index is 13.5. The van der Waals surface area contributed by atoms with Crippen LogP contribution in [0.15, 0.2) is 0 Å². The van der Waals surface area contributed by atoms with Crippen LogP contribution in [0.25, 0.3) is 0 Å². The average molecular weight is 190 g/mol. The summed E-state index contributed by atoms with van der Waals surface area (Å²) in [5, 5.41) is 0. The Morgan fingerprint density at radius 1 is 1.25 bits per heavy atom. The third-order valence-corrected chi connectivity index (χ3v) is 0. The normalized spacial score (nSPS) is 0. The molecule has 0 aromatic rings. The van der Waals surface area contributed by atoms with E-state index in [9.17, 15) is 0 Å². The smallest absolute Gasteiger partial charge is 1.00 e. The third-order valence-electron chi connectivity index (χ3n) is 0. The van der Waals surface area contributed by atoms with Gasteiger partial charge in [-0.1, -0.05) is 0 Å². The second-order valence-corrected chi connectivity index (χ2v) is 0.